The van der Waals surface area contributed by atoms with Crippen molar-refractivity contribution in [1.29, 1.82) is 0 Å². The standard InChI is InChI=1S/C38H25N7Si/c1-3-14-26(15-4-1)35-42-36(27-16-5-2-6-17-27)44-37(43-35)30-20-13-24-34(40-30)46(33-23-11-12-25-39-33)32-22-10-7-18-28(32)38-41-29-19-8-9-21-31(29)45(38)46/h1-25H. The van der Waals surface area contributed by atoms with E-state index in [4.69, 9.17) is 29.9 Å². The monoisotopic (exact) mass is 607 g/mol. The highest BCUT2D eigenvalue weighted by atomic mass is 28.3. The van der Waals surface area contributed by atoms with Crippen LogP contribution in [-0.2, 0) is 0 Å². The first-order chi connectivity index (χ1) is 22.8. The summed E-state index contributed by atoms with van der Waals surface area (Å²) < 4.78 is 2.43. The van der Waals surface area contributed by atoms with Gasteiger partial charge in [0.15, 0.2) is 17.5 Å². The average Bonchev–Trinajstić information content (AvgIpc) is 3.66. The van der Waals surface area contributed by atoms with Crippen molar-refractivity contribution in [2.75, 3.05) is 0 Å². The number of imidazole rings is 1. The summed E-state index contributed by atoms with van der Waals surface area (Å²) in [5, 5.41) is 3.12. The summed E-state index contributed by atoms with van der Waals surface area (Å²) in [4.78, 5) is 30.5. The quantitative estimate of drug-likeness (QED) is 0.240. The predicted octanol–water partition coefficient (Wildman–Crippen LogP) is 5.51. The summed E-state index contributed by atoms with van der Waals surface area (Å²) in [5.41, 5.74) is 5.63. The Labute approximate surface area is 266 Å². The first-order valence-corrected chi connectivity index (χ1v) is 17.1. The van der Waals surface area contributed by atoms with Crippen molar-refractivity contribution in [3.63, 3.8) is 0 Å². The highest BCUT2D eigenvalue weighted by Gasteiger charge is 2.53. The van der Waals surface area contributed by atoms with Crippen LogP contribution in [0, 0.1) is 0 Å². The molecule has 5 heterocycles. The first-order valence-electron chi connectivity index (χ1n) is 15.1. The number of hydrogen-bond donors (Lipinski definition) is 0. The topological polar surface area (TPSA) is 82.3 Å². The van der Waals surface area contributed by atoms with Crippen LogP contribution in [0.5, 0.6) is 0 Å². The predicted molar refractivity (Wildman–Crippen MR) is 183 cm³/mol. The van der Waals surface area contributed by atoms with Crippen LogP contribution in [0.3, 0.4) is 0 Å². The Balaban J connectivity index is 1.33. The molecule has 216 valence electrons. The number of para-hydroxylation sites is 2. The number of benzene rings is 4. The van der Waals surface area contributed by atoms with E-state index in [1.54, 1.807) is 0 Å². The van der Waals surface area contributed by atoms with E-state index in [2.05, 4.69) is 71.0 Å². The van der Waals surface area contributed by atoms with Crippen LogP contribution in [0.25, 0.3) is 56.7 Å². The summed E-state index contributed by atoms with van der Waals surface area (Å²) in [6.07, 6.45) is 1.87. The lowest BCUT2D eigenvalue weighted by atomic mass is 10.2. The Morgan fingerprint density at radius 2 is 1.09 bits per heavy atom. The molecule has 4 aromatic carbocycles. The molecule has 8 aromatic rings. The summed E-state index contributed by atoms with van der Waals surface area (Å²) >= 11 is 0. The van der Waals surface area contributed by atoms with E-state index < -0.39 is 8.24 Å². The normalized spacial score (nSPS) is 15.0. The van der Waals surface area contributed by atoms with Gasteiger partial charge in [-0.3, -0.25) is 9.97 Å². The minimum absolute atomic E-state index is 0.515. The van der Waals surface area contributed by atoms with Crippen LogP contribution in [0.1, 0.15) is 0 Å². The van der Waals surface area contributed by atoms with Gasteiger partial charge in [0.05, 0.1) is 21.7 Å². The molecule has 0 spiro atoms. The fourth-order valence-electron chi connectivity index (χ4n) is 6.56. The number of pyridine rings is 2. The van der Waals surface area contributed by atoms with Gasteiger partial charge >= 0.3 is 0 Å². The molecule has 0 radical (unpaired) electrons. The fourth-order valence-corrected chi connectivity index (χ4v) is 11.3. The van der Waals surface area contributed by atoms with Gasteiger partial charge in [-0.05, 0) is 41.6 Å². The maximum Gasteiger partial charge on any atom is 0.297 e. The SMILES string of the molecule is c1ccc(-c2nc(-c3ccccc3)nc(-c3cccc([Si]4(c5ccccn5)c5ccccc5-c5nc6ccccc6n54)n3)n2)cc1. The molecule has 8 heteroatoms. The van der Waals surface area contributed by atoms with Crippen molar-refractivity contribution < 1.29 is 0 Å². The summed E-state index contributed by atoms with van der Waals surface area (Å²) in [5.74, 6) is 2.66. The fraction of sp³-hybridized carbons (Fsp3) is 0. The van der Waals surface area contributed by atoms with Crippen molar-refractivity contribution in [3.8, 4) is 45.7 Å². The van der Waals surface area contributed by atoms with E-state index in [0.717, 1.165) is 44.2 Å². The molecule has 0 fully saturated rings. The Hall–Kier alpha value is -6.12. The van der Waals surface area contributed by atoms with Gasteiger partial charge in [-0.2, -0.15) is 0 Å². The van der Waals surface area contributed by atoms with Crippen LogP contribution in [0.15, 0.2) is 152 Å². The lowest BCUT2D eigenvalue weighted by Crippen LogP contribution is -2.72. The number of nitrogens with zero attached hydrogens (tertiary/aromatic N) is 7. The average molecular weight is 608 g/mol. The highest BCUT2D eigenvalue weighted by Crippen LogP contribution is 2.34. The van der Waals surface area contributed by atoms with Gasteiger partial charge in [-0.25, -0.2) is 19.9 Å². The molecule has 1 aliphatic rings. The van der Waals surface area contributed by atoms with Gasteiger partial charge in [0.2, 0.25) is 0 Å². The smallest absolute Gasteiger partial charge is 0.297 e. The second-order valence-corrected chi connectivity index (χ2v) is 14.6. The number of rotatable bonds is 5. The molecule has 0 saturated carbocycles. The molecule has 1 aliphatic heterocycles. The maximum atomic E-state index is 5.45. The van der Waals surface area contributed by atoms with Crippen LogP contribution >= 0.6 is 0 Å². The van der Waals surface area contributed by atoms with Gasteiger partial charge in [0.1, 0.15) is 11.5 Å². The molecule has 9 rings (SSSR count). The second-order valence-electron chi connectivity index (χ2n) is 11.2. The molecule has 0 saturated heterocycles. The maximum absolute atomic E-state index is 5.45. The number of fused-ring (bicyclic) bond motifs is 5. The summed E-state index contributed by atoms with van der Waals surface area (Å²) in [6, 6.07) is 49.2. The molecule has 0 bridgehead atoms. The minimum Gasteiger partial charge on any atom is -0.337 e. The van der Waals surface area contributed by atoms with Crippen LogP contribution in [0.2, 0.25) is 0 Å². The van der Waals surface area contributed by atoms with Crippen LogP contribution in [0.4, 0.5) is 0 Å². The molecule has 1 atom stereocenters. The molecular weight excluding hydrogens is 583 g/mol. The van der Waals surface area contributed by atoms with Gasteiger partial charge < -0.3 is 4.23 Å². The van der Waals surface area contributed by atoms with Crippen molar-refractivity contribution in [2.45, 2.75) is 0 Å². The van der Waals surface area contributed by atoms with E-state index in [1.165, 1.54) is 5.19 Å². The third-order valence-corrected chi connectivity index (χ3v) is 12.9. The molecule has 46 heavy (non-hydrogen) atoms. The molecule has 4 aromatic heterocycles. The number of hydrogen-bond acceptors (Lipinski definition) is 6. The molecule has 7 nitrogen and oxygen atoms in total. The molecule has 0 amide bonds. The van der Waals surface area contributed by atoms with Gasteiger partial charge in [-0.15, -0.1) is 0 Å². The first kappa shape index (κ1) is 26.3. The molecule has 0 aliphatic carbocycles. The van der Waals surface area contributed by atoms with Crippen LogP contribution in [-0.4, -0.2) is 42.4 Å². The lowest BCUT2D eigenvalue weighted by Gasteiger charge is -2.30. The van der Waals surface area contributed by atoms with E-state index in [9.17, 15) is 0 Å². The van der Waals surface area contributed by atoms with E-state index >= 15 is 0 Å². The third kappa shape index (κ3) is 3.97. The summed E-state index contributed by atoms with van der Waals surface area (Å²) in [7, 11) is -3.10. The Morgan fingerprint density at radius 3 is 1.83 bits per heavy atom. The minimum atomic E-state index is -3.10. The van der Waals surface area contributed by atoms with Gasteiger partial charge in [0.25, 0.3) is 8.24 Å². The molecule has 1 unspecified atom stereocenters. The second kappa shape index (κ2) is 10.5. The Bertz CT molecular complexity index is 2320. The third-order valence-electron chi connectivity index (χ3n) is 8.54. The van der Waals surface area contributed by atoms with Gasteiger partial charge in [-0.1, -0.05) is 109 Å². The largest absolute Gasteiger partial charge is 0.337 e. The zero-order valence-corrected chi connectivity index (χ0v) is 25.6. The van der Waals surface area contributed by atoms with E-state index in [-0.39, 0.29) is 0 Å². The van der Waals surface area contributed by atoms with E-state index in [1.807, 2.05) is 85.1 Å². The highest BCUT2D eigenvalue weighted by molar-refractivity contribution is 7.11. The Morgan fingerprint density at radius 1 is 0.457 bits per heavy atom. The van der Waals surface area contributed by atoms with Crippen molar-refractivity contribution in [1.82, 2.24) is 34.1 Å². The number of aromatic nitrogens is 7. The zero-order valence-electron chi connectivity index (χ0n) is 24.6. The lowest BCUT2D eigenvalue weighted by molar-refractivity contribution is 1.06. The van der Waals surface area contributed by atoms with Crippen molar-refractivity contribution in [3.05, 3.63) is 152 Å². The van der Waals surface area contributed by atoms with Gasteiger partial charge in [0, 0.05) is 22.9 Å². The zero-order chi connectivity index (χ0) is 30.5. The van der Waals surface area contributed by atoms with Crippen molar-refractivity contribution >= 4 is 35.1 Å². The Kier molecular flexibility index (Phi) is 6.00. The van der Waals surface area contributed by atoms with E-state index in [0.29, 0.717) is 23.2 Å². The van der Waals surface area contributed by atoms with Crippen molar-refractivity contribution in [2.24, 2.45) is 0 Å². The molecule has 0 N–H and O–H groups in total. The molecular formula is C38H25N7Si. The van der Waals surface area contributed by atoms with Crippen LogP contribution < -0.4 is 15.8 Å². The summed E-state index contributed by atoms with van der Waals surface area (Å²) in [6.45, 7) is 0.